The largest absolute Gasteiger partial charge is 0.463 e. The van der Waals surface area contributed by atoms with Crippen LogP contribution in [0.3, 0.4) is 0 Å². The zero-order valence-electron chi connectivity index (χ0n) is 91.9. The summed E-state index contributed by atoms with van der Waals surface area (Å²) in [6.07, 6.45) is 6.28. The van der Waals surface area contributed by atoms with Crippen molar-refractivity contribution in [1.82, 2.24) is 0 Å². The predicted molar refractivity (Wildman–Crippen MR) is 532 cm³/mol. The fourth-order valence-electron chi connectivity index (χ4n) is 17.1. The lowest BCUT2D eigenvalue weighted by molar-refractivity contribution is -0.331. The molecule has 35 heteroatoms. The number of carbonyl (C=O) groups excluding carboxylic acids is 9. The summed E-state index contributed by atoms with van der Waals surface area (Å²) in [5, 5.41) is 79.2. The van der Waals surface area contributed by atoms with E-state index in [9.17, 15) is 53.4 Å². The van der Waals surface area contributed by atoms with Crippen LogP contribution in [0.25, 0.3) is 0 Å². The van der Waals surface area contributed by atoms with Gasteiger partial charge in [-0.15, -0.1) is 0 Å². The summed E-state index contributed by atoms with van der Waals surface area (Å²) in [7, 11) is 0. The first-order valence-corrected chi connectivity index (χ1v) is 50.2. The van der Waals surface area contributed by atoms with E-state index in [1.54, 1.807) is 32.9 Å². The molecule has 13 rings (SSSR count). The summed E-state index contributed by atoms with van der Waals surface area (Å²) in [5.41, 5.74) is -8.08. The van der Waals surface area contributed by atoms with Gasteiger partial charge in [0, 0.05) is 47.0 Å². The molecule has 13 heterocycles. The van der Waals surface area contributed by atoms with E-state index in [0.29, 0.717) is 143 Å². The fourth-order valence-corrected chi connectivity index (χ4v) is 17.1. The maximum Gasteiger partial charge on any atom is 0.333 e. The van der Waals surface area contributed by atoms with Gasteiger partial charge in [-0.25, -0.2) is 4.79 Å². The average molecular weight is 2040 g/mol. The smallest absolute Gasteiger partial charge is 0.333 e. The minimum absolute atomic E-state index is 0.0205. The molecule has 35 nitrogen and oxygen atoms in total. The van der Waals surface area contributed by atoms with E-state index in [4.69, 9.17) is 112 Å². The molecule has 0 aliphatic carbocycles. The highest BCUT2D eigenvalue weighted by Gasteiger charge is 2.56. The van der Waals surface area contributed by atoms with Gasteiger partial charge in [-0.05, 0) is 149 Å². The molecule has 13 aliphatic heterocycles. The second-order valence-electron chi connectivity index (χ2n) is 48.2. The number of Topliss-reactive ketones (excluding diaryl/α,β-unsaturated/α-hetero) is 1. The first-order chi connectivity index (χ1) is 65.7. The molecule has 13 saturated heterocycles. The lowest BCUT2D eigenvalue weighted by Crippen LogP contribution is -2.57. The molecule has 0 amide bonds. The molecule has 0 aromatic heterocycles. The van der Waals surface area contributed by atoms with Crippen LogP contribution in [-0.4, -0.2) is 310 Å². The first kappa shape index (κ1) is 134. The van der Waals surface area contributed by atoms with Crippen LogP contribution >= 0.6 is 0 Å². The zero-order valence-corrected chi connectivity index (χ0v) is 91.9. The Bertz CT molecular complexity index is 3630. The molecule has 13 fully saturated rings. The predicted octanol–water partition coefficient (Wildman–Crippen LogP) is 12.1. The van der Waals surface area contributed by atoms with Crippen molar-refractivity contribution in [2.24, 2.45) is 123 Å². The van der Waals surface area contributed by atoms with Crippen molar-refractivity contribution in [3.63, 3.8) is 0 Å². The third kappa shape index (κ3) is 43.2. The van der Waals surface area contributed by atoms with Gasteiger partial charge in [0.2, 0.25) is 0 Å². The van der Waals surface area contributed by atoms with E-state index in [1.165, 1.54) is 6.92 Å². The first-order valence-electron chi connectivity index (χ1n) is 50.2. The Morgan fingerprint density at radius 3 is 0.852 bits per heavy atom. The number of ketones is 1. The van der Waals surface area contributed by atoms with Crippen LogP contribution in [0.4, 0.5) is 0 Å². The van der Waals surface area contributed by atoms with E-state index in [-0.39, 0.29) is 169 Å². The van der Waals surface area contributed by atoms with Gasteiger partial charge in [0.25, 0.3) is 0 Å². The summed E-state index contributed by atoms with van der Waals surface area (Å²) in [5.74, 6) is -4.14. The standard InChI is InChI=1S/C44H76O14.C20H36O5.C19H34O5.C11H16O4.C6H10O3.C5H12O4.C2H6/c1-38(2,3)29-18-41(10,36(47)49-16-14-45)13-12-32-51-21-43(22-52-32)23-53-34(54-24-43)30(39(4,5)6)19-42(11,37(48)50-17-15-46)20-31(40(7,8)9)35-57-27-44(28-58-35)25-55-33(29)56-26-44;1-14(23)16(19(5,6)7)12-20(8,17(24)25-10-9-21)11-15(13-22)18(2,3)4;1-17(2,3)14(12-21)10-19(7,16(23)24-9-8-20)11-15(13-22)18(4,5)6;1-3-9-12-5-11(6-13-9)7-14-10(4-2)15-8-11;1-5(2)6(8)9-4-3-7;6-1-5(2-7,3-8)4-9;1-2/h29-35,45-46H,12-28H2,1-11H3;13,15-16,21H,9-12H2,1-8H3;12-15,20H,8-11H2,1-7H3;3-4,9-10H,1-2,5-8H2;7H,1,3-4H2,2H3;6-9H,1-4H2;1-2H3. The number of hydrogen-bond donors (Lipinski definition) is 9. The van der Waals surface area contributed by atoms with Crippen LogP contribution in [0.15, 0.2) is 37.5 Å². The molecular weight excluding hydrogens is 1850 g/mol. The Labute approximate surface area is 848 Å². The van der Waals surface area contributed by atoms with Crippen LogP contribution in [0.2, 0.25) is 0 Å². The summed E-state index contributed by atoms with van der Waals surface area (Å²) in [6.45, 7) is 69.6. The highest BCUT2D eigenvalue weighted by molar-refractivity contribution is 5.87. The van der Waals surface area contributed by atoms with Crippen molar-refractivity contribution in [3.8, 4) is 0 Å². The third-order valence-corrected chi connectivity index (χ3v) is 27.7. The van der Waals surface area contributed by atoms with Gasteiger partial charge in [0.05, 0.1) is 182 Å². The Morgan fingerprint density at radius 2 is 0.620 bits per heavy atom. The SMILES string of the molecule is C=C(C)C(=O)OCCO.C=CC1OCC2(CO1)COC(C=C)OC2.CC.CC(=O)C(CC(C)(CC(C=O)C(C)(C)C)C(=O)OCCO)C(C)(C)C.CC(CC(C=O)C(C)(C)C)(CC(C=O)C(C)(C)C)C(=O)OCCO.CC1(C(=O)OCCO)CCC2OCC3(CO2)COC(OC3)C(C(C)(C)C)CC(C)(C(=O)OCCO)CC(C(C)(C)C)C2OCC3(COC(OC3)C(C(C)(C)C)C1)CO2.OCC(CO)(CO)CO. The molecule has 0 radical (unpaired) electrons. The number of carbonyl (C=O) groups is 9. The molecule has 0 aromatic rings. The second kappa shape index (κ2) is 60.3. The quantitative estimate of drug-likeness (QED) is 0.00968. The molecule has 6 bridgehead atoms. The van der Waals surface area contributed by atoms with Crippen LogP contribution in [0.5, 0.6) is 0 Å². The monoisotopic (exact) mass is 2040 g/mol. The van der Waals surface area contributed by atoms with Gasteiger partial charge in [0.15, 0.2) is 37.7 Å². The Kier molecular flexibility index (Phi) is 57.1. The van der Waals surface area contributed by atoms with Crippen molar-refractivity contribution >= 4 is 54.5 Å². The lowest BCUT2D eigenvalue weighted by atomic mass is 9.64. The fraction of sp³-hybridized carbons (Fsp3) is 0.860. The topological polar surface area (TPSA) is 493 Å². The van der Waals surface area contributed by atoms with Gasteiger partial charge >= 0.3 is 29.8 Å². The average Bonchev–Trinajstić information content (AvgIpc) is 0.763. The van der Waals surface area contributed by atoms with Crippen molar-refractivity contribution in [2.45, 2.75) is 296 Å². The summed E-state index contributed by atoms with van der Waals surface area (Å²) in [6, 6.07) is 0. The van der Waals surface area contributed by atoms with Crippen LogP contribution < -0.4 is 0 Å². The van der Waals surface area contributed by atoms with Crippen molar-refractivity contribution < 1.29 is 170 Å². The maximum atomic E-state index is 14.2. The van der Waals surface area contributed by atoms with Crippen molar-refractivity contribution in [1.29, 1.82) is 0 Å². The zero-order chi connectivity index (χ0) is 109. The third-order valence-electron chi connectivity index (χ3n) is 27.7. The number of ether oxygens (including phenoxy) is 17. The van der Waals surface area contributed by atoms with Gasteiger partial charge < -0.3 is 141 Å². The molecule has 3 spiro atoms. The maximum absolute atomic E-state index is 14.2. The van der Waals surface area contributed by atoms with Gasteiger partial charge in [-0.1, -0.05) is 179 Å². The summed E-state index contributed by atoms with van der Waals surface area (Å²) >= 11 is 0. The molecule has 142 heavy (non-hydrogen) atoms. The number of aldehydes is 3. The lowest BCUT2D eigenvalue weighted by Gasteiger charge is -2.51. The highest BCUT2D eigenvalue weighted by atomic mass is 16.7. The Morgan fingerprint density at radius 1 is 0.366 bits per heavy atom. The van der Waals surface area contributed by atoms with Crippen molar-refractivity contribution in [3.05, 3.63) is 37.5 Å². The minimum atomic E-state index is -1.11. The molecule has 828 valence electrons. The van der Waals surface area contributed by atoms with Gasteiger partial charge in [0.1, 0.15) is 57.7 Å². The van der Waals surface area contributed by atoms with E-state index in [0.717, 1.165) is 18.9 Å². The Hall–Kier alpha value is -5.59. The second-order valence-corrected chi connectivity index (χ2v) is 48.2. The number of aliphatic hydroxyl groups is 9. The van der Waals surface area contributed by atoms with Crippen LogP contribution in [0, 0.1) is 123 Å². The van der Waals surface area contributed by atoms with E-state index < -0.39 is 119 Å². The molecule has 13 aliphatic rings. The van der Waals surface area contributed by atoms with Crippen molar-refractivity contribution in [2.75, 3.05) is 172 Å². The summed E-state index contributed by atoms with van der Waals surface area (Å²) < 4.78 is 100. The highest BCUT2D eigenvalue weighted by Crippen LogP contribution is 2.53. The van der Waals surface area contributed by atoms with E-state index in [2.05, 4.69) is 86.8 Å². The molecule has 10 atom stereocenters. The Balaban J connectivity index is 0.000000988. The van der Waals surface area contributed by atoms with Crippen LogP contribution in [0.1, 0.15) is 259 Å². The summed E-state index contributed by atoms with van der Waals surface area (Å²) in [4.78, 5) is 111. The molecule has 0 aromatic carbocycles. The van der Waals surface area contributed by atoms with Gasteiger partial charge in [-0.2, -0.15) is 0 Å². The molecular formula is C107H190O35. The van der Waals surface area contributed by atoms with Crippen LogP contribution in [-0.2, 0) is 124 Å². The molecule has 0 saturated carbocycles. The minimum Gasteiger partial charge on any atom is -0.463 e. The normalized spacial score (nSPS) is 28.0. The van der Waals surface area contributed by atoms with Gasteiger partial charge in [-0.3, -0.25) is 24.0 Å². The molecule has 9 N–H and O–H groups in total. The number of aliphatic hydroxyl groups excluding tert-OH is 9. The van der Waals surface area contributed by atoms with E-state index in [1.807, 2.05) is 111 Å². The molecule has 10 unspecified atom stereocenters. The number of rotatable bonds is 33. The van der Waals surface area contributed by atoms with E-state index >= 15 is 0 Å². The number of hydrogen-bond acceptors (Lipinski definition) is 35. The number of esters is 5.